The van der Waals surface area contributed by atoms with Gasteiger partial charge in [-0.15, -0.1) is 4.74 Å². The maximum Gasteiger partial charge on any atom is 0.361 e. The highest BCUT2D eigenvalue weighted by molar-refractivity contribution is 5.75. The number of carbonyl (C=O) groups excluding carboxylic acids is 1. The van der Waals surface area contributed by atoms with E-state index in [9.17, 15) is 9.59 Å². The smallest absolute Gasteiger partial charge is 0.331 e. The minimum Gasteiger partial charge on any atom is -0.331 e. The molecule has 0 aliphatic heterocycles. The Morgan fingerprint density at radius 1 is 1.33 bits per heavy atom. The van der Waals surface area contributed by atoms with Gasteiger partial charge < -0.3 is 9.84 Å². The average molecular weight is 286 g/mol. The van der Waals surface area contributed by atoms with Gasteiger partial charge in [-0.25, -0.2) is 9.59 Å². The Balaban J connectivity index is 1.67. The summed E-state index contributed by atoms with van der Waals surface area (Å²) in [6.45, 7) is 4.49. The second-order valence-corrected chi connectivity index (χ2v) is 5.64. The standard InChI is InChI=1S/C16H18N2O3/c1-10-3-4-12(7-11(10)2)8-17-16(20)18-9-14(13-5-6-13)15(19)21-18/h3-4,7,9,13H,5-6,8H2,1-2H3,(H,17,20). The van der Waals surface area contributed by atoms with E-state index in [4.69, 9.17) is 4.52 Å². The van der Waals surface area contributed by atoms with Crippen molar-refractivity contribution < 1.29 is 9.32 Å². The highest BCUT2D eigenvalue weighted by Crippen LogP contribution is 2.38. The topological polar surface area (TPSA) is 64.2 Å². The molecular weight excluding hydrogens is 268 g/mol. The van der Waals surface area contributed by atoms with Gasteiger partial charge in [-0.3, -0.25) is 0 Å². The van der Waals surface area contributed by atoms with Gasteiger partial charge in [0.25, 0.3) is 0 Å². The van der Waals surface area contributed by atoms with Gasteiger partial charge in [-0.1, -0.05) is 18.2 Å². The van der Waals surface area contributed by atoms with E-state index >= 15 is 0 Å². The van der Waals surface area contributed by atoms with Gasteiger partial charge >= 0.3 is 11.7 Å². The second kappa shape index (κ2) is 5.24. The lowest BCUT2D eigenvalue weighted by molar-refractivity contribution is 0.206. The third-order valence-electron chi connectivity index (χ3n) is 3.91. The molecule has 1 aromatic heterocycles. The summed E-state index contributed by atoms with van der Waals surface area (Å²) in [5, 5.41) is 2.75. The van der Waals surface area contributed by atoms with Gasteiger partial charge in [-0.2, -0.15) is 0 Å². The molecule has 110 valence electrons. The Hall–Kier alpha value is -2.30. The van der Waals surface area contributed by atoms with E-state index in [1.807, 2.05) is 32.0 Å². The Morgan fingerprint density at radius 3 is 2.76 bits per heavy atom. The summed E-state index contributed by atoms with van der Waals surface area (Å²) >= 11 is 0. The van der Waals surface area contributed by atoms with Crippen LogP contribution in [0.4, 0.5) is 4.79 Å². The normalized spacial score (nSPS) is 14.2. The van der Waals surface area contributed by atoms with Crippen molar-refractivity contribution in [1.29, 1.82) is 0 Å². The first-order valence-corrected chi connectivity index (χ1v) is 7.12. The van der Waals surface area contributed by atoms with Crippen LogP contribution in [0.1, 0.15) is 41.0 Å². The summed E-state index contributed by atoms with van der Waals surface area (Å²) in [6, 6.07) is 5.62. The Labute approximate surface area is 122 Å². The van der Waals surface area contributed by atoms with Crippen molar-refractivity contribution in [2.24, 2.45) is 0 Å². The number of nitrogens with one attached hydrogen (secondary N) is 1. The fraction of sp³-hybridized carbons (Fsp3) is 0.375. The van der Waals surface area contributed by atoms with E-state index in [0.29, 0.717) is 12.1 Å². The number of rotatable bonds is 3. The van der Waals surface area contributed by atoms with Crippen molar-refractivity contribution >= 4 is 6.03 Å². The Morgan fingerprint density at radius 2 is 2.10 bits per heavy atom. The van der Waals surface area contributed by atoms with Gasteiger partial charge in [-0.05, 0) is 49.3 Å². The van der Waals surface area contributed by atoms with Crippen molar-refractivity contribution in [2.45, 2.75) is 39.2 Å². The summed E-state index contributed by atoms with van der Waals surface area (Å²) in [5.74, 6) is 0.273. The highest BCUT2D eigenvalue weighted by Gasteiger charge is 2.29. The van der Waals surface area contributed by atoms with Gasteiger partial charge in [0.05, 0.1) is 11.8 Å². The van der Waals surface area contributed by atoms with E-state index in [-0.39, 0.29) is 5.92 Å². The molecule has 0 unspecified atom stereocenters. The molecule has 1 aromatic carbocycles. The summed E-state index contributed by atoms with van der Waals surface area (Å²) in [6.07, 6.45) is 3.51. The predicted molar refractivity (Wildman–Crippen MR) is 78.5 cm³/mol. The quantitative estimate of drug-likeness (QED) is 0.943. The van der Waals surface area contributed by atoms with Crippen LogP contribution in [0.3, 0.4) is 0 Å². The minimum absolute atomic E-state index is 0.273. The van der Waals surface area contributed by atoms with E-state index in [2.05, 4.69) is 5.32 Å². The molecule has 3 rings (SSSR count). The summed E-state index contributed by atoms with van der Waals surface area (Å²) in [5.41, 5.74) is 3.62. The lowest BCUT2D eigenvalue weighted by atomic mass is 10.1. The molecule has 1 aliphatic rings. The molecule has 1 saturated carbocycles. The number of carbonyl (C=O) groups is 1. The number of benzene rings is 1. The largest absolute Gasteiger partial charge is 0.361 e. The van der Waals surface area contributed by atoms with Crippen molar-refractivity contribution in [3.05, 3.63) is 57.1 Å². The van der Waals surface area contributed by atoms with E-state index in [0.717, 1.165) is 23.1 Å². The molecule has 21 heavy (non-hydrogen) atoms. The summed E-state index contributed by atoms with van der Waals surface area (Å²) < 4.78 is 5.96. The molecule has 0 atom stereocenters. The van der Waals surface area contributed by atoms with E-state index in [1.165, 1.54) is 17.3 Å². The maximum absolute atomic E-state index is 12.0. The first kappa shape index (κ1) is 13.7. The third kappa shape index (κ3) is 2.91. The van der Waals surface area contributed by atoms with Crippen LogP contribution >= 0.6 is 0 Å². The maximum atomic E-state index is 12.0. The molecule has 2 aromatic rings. The van der Waals surface area contributed by atoms with Crippen LogP contribution in [0.5, 0.6) is 0 Å². The lowest BCUT2D eigenvalue weighted by Crippen LogP contribution is -2.27. The van der Waals surface area contributed by atoms with Crippen LogP contribution in [-0.2, 0) is 6.54 Å². The Bertz CT molecular complexity index is 738. The Kier molecular flexibility index (Phi) is 3.41. The number of hydrogen-bond donors (Lipinski definition) is 1. The zero-order chi connectivity index (χ0) is 15.0. The molecule has 0 spiro atoms. The van der Waals surface area contributed by atoms with Crippen molar-refractivity contribution in [1.82, 2.24) is 10.1 Å². The van der Waals surface area contributed by atoms with E-state index < -0.39 is 11.7 Å². The molecule has 5 heteroatoms. The van der Waals surface area contributed by atoms with Crippen molar-refractivity contribution in [3.8, 4) is 0 Å². The first-order chi connectivity index (χ1) is 10.0. The molecule has 1 fully saturated rings. The zero-order valence-electron chi connectivity index (χ0n) is 12.2. The highest BCUT2D eigenvalue weighted by atomic mass is 16.5. The van der Waals surface area contributed by atoms with Crippen LogP contribution in [0, 0.1) is 13.8 Å². The molecule has 1 amide bonds. The number of hydrogen-bond acceptors (Lipinski definition) is 3. The predicted octanol–water partition coefficient (Wildman–Crippen LogP) is 2.69. The van der Waals surface area contributed by atoms with Crippen LogP contribution in [0.15, 0.2) is 33.7 Å². The SMILES string of the molecule is Cc1ccc(CNC(=O)n2cc(C3CC3)c(=O)o2)cc1C. The molecular formula is C16H18N2O3. The monoisotopic (exact) mass is 286 g/mol. The lowest BCUT2D eigenvalue weighted by Gasteiger charge is -2.06. The molecule has 5 nitrogen and oxygen atoms in total. The van der Waals surface area contributed by atoms with Crippen LogP contribution in [0.2, 0.25) is 0 Å². The third-order valence-corrected chi connectivity index (χ3v) is 3.91. The second-order valence-electron chi connectivity index (χ2n) is 5.64. The fourth-order valence-electron chi connectivity index (χ4n) is 2.28. The van der Waals surface area contributed by atoms with Gasteiger partial charge in [0.2, 0.25) is 0 Å². The molecule has 1 heterocycles. The average Bonchev–Trinajstić information content (AvgIpc) is 3.22. The molecule has 0 saturated heterocycles. The van der Waals surface area contributed by atoms with E-state index in [1.54, 1.807) is 0 Å². The number of aryl methyl sites for hydroxylation is 2. The minimum atomic E-state index is -0.419. The molecule has 0 radical (unpaired) electrons. The fourth-order valence-corrected chi connectivity index (χ4v) is 2.28. The van der Waals surface area contributed by atoms with Crippen LogP contribution < -0.4 is 10.9 Å². The number of aromatic nitrogens is 1. The molecule has 1 aliphatic carbocycles. The number of nitrogens with zero attached hydrogens (tertiary/aromatic N) is 1. The van der Waals surface area contributed by atoms with Gasteiger partial charge in [0.1, 0.15) is 0 Å². The zero-order valence-corrected chi connectivity index (χ0v) is 12.2. The van der Waals surface area contributed by atoms with Gasteiger partial charge in [0, 0.05) is 6.54 Å². The summed E-state index contributed by atoms with van der Waals surface area (Å²) in [7, 11) is 0. The van der Waals surface area contributed by atoms with Crippen molar-refractivity contribution in [2.75, 3.05) is 0 Å². The molecule has 1 N–H and O–H groups in total. The summed E-state index contributed by atoms with van der Waals surface area (Å²) in [4.78, 5) is 23.6. The van der Waals surface area contributed by atoms with Crippen LogP contribution in [-0.4, -0.2) is 10.8 Å². The van der Waals surface area contributed by atoms with Crippen LogP contribution in [0.25, 0.3) is 0 Å². The number of amides is 1. The van der Waals surface area contributed by atoms with Crippen molar-refractivity contribution in [3.63, 3.8) is 0 Å². The van der Waals surface area contributed by atoms with Gasteiger partial charge in [0.15, 0.2) is 0 Å². The first-order valence-electron chi connectivity index (χ1n) is 7.12. The molecule has 0 bridgehead atoms.